The first-order valence-corrected chi connectivity index (χ1v) is 11.6. The fourth-order valence-electron chi connectivity index (χ4n) is 4.38. The molecule has 0 radical (unpaired) electrons. The Labute approximate surface area is 204 Å². The monoisotopic (exact) mass is 482 g/mol. The number of carbonyl (C=O) groups excluding carboxylic acids is 1. The number of hydrogen-bond acceptors (Lipinski definition) is 8. The first-order chi connectivity index (χ1) is 17.0. The summed E-state index contributed by atoms with van der Waals surface area (Å²) in [5.74, 6) is 2.13. The number of methoxy groups -OCH3 is 3. The topological polar surface area (TPSA) is 92.7 Å². The van der Waals surface area contributed by atoms with Gasteiger partial charge in [-0.05, 0) is 36.6 Å². The van der Waals surface area contributed by atoms with E-state index < -0.39 is 5.97 Å². The van der Waals surface area contributed by atoms with Gasteiger partial charge in [-0.25, -0.2) is 4.79 Å². The minimum absolute atomic E-state index is 0.282. The van der Waals surface area contributed by atoms with Crippen LogP contribution in [0.15, 0.2) is 24.3 Å². The molecule has 3 aromatic carbocycles. The lowest BCUT2D eigenvalue weighted by molar-refractivity contribution is 0.0757. The maximum Gasteiger partial charge on any atom is 0.344 e. The Hall–Kier alpha value is -3.65. The van der Waals surface area contributed by atoms with Crippen LogP contribution < -0.4 is 28.4 Å². The molecule has 3 aromatic rings. The van der Waals surface area contributed by atoms with Gasteiger partial charge in [0, 0.05) is 21.9 Å². The van der Waals surface area contributed by atoms with Crippen LogP contribution >= 0.6 is 0 Å². The Morgan fingerprint density at radius 3 is 2.11 bits per heavy atom. The zero-order valence-corrected chi connectivity index (χ0v) is 20.6. The maximum absolute atomic E-state index is 13.1. The first kappa shape index (κ1) is 24.5. The molecule has 2 bridgehead atoms. The van der Waals surface area contributed by atoms with Crippen molar-refractivity contribution >= 4 is 16.7 Å². The van der Waals surface area contributed by atoms with E-state index in [9.17, 15) is 9.90 Å². The van der Waals surface area contributed by atoms with Gasteiger partial charge in [0.25, 0.3) is 0 Å². The summed E-state index contributed by atoms with van der Waals surface area (Å²) >= 11 is 0. The predicted octanol–water partition coefficient (Wildman–Crippen LogP) is 5.14. The van der Waals surface area contributed by atoms with E-state index >= 15 is 0 Å². The summed E-state index contributed by atoms with van der Waals surface area (Å²) in [4.78, 5) is 13.1. The van der Waals surface area contributed by atoms with Gasteiger partial charge in [-0.1, -0.05) is 19.9 Å². The Morgan fingerprint density at radius 1 is 0.829 bits per heavy atom. The summed E-state index contributed by atoms with van der Waals surface area (Å²) in [5, 5.41) is 11.4. The number of esters is 1. The van der Waals surface area contributed by atoms with Crippen molar-refractivity contribution in [2.45, 2.75) is 33.3 Å². The van der Waals surface area contributed by atoms with E-state index in [4.69, 9.17) is 28.4 Å². The summed E-state index contributed by atoms with van der Waals surface area (Å²) in [5.41, 5.74) is 1.93. The van der Waals surface area contributed by atoms with Crippen molar-refractivity contribution < 1.29 is 38.3 Å². The summed E-state index contributed by atoms with van der Waals surface area (Å²) in [6.45, 7) is 4.75. The average Bonchev–Trinajstić information content (AvgIpc) is 3.15. The number of fused-ring (bicyclic) bond motifs is 4. The van der Waals surface area contributed by atoms with Crippen molar-refractivity contribution in [3.05, 3.63) is 35.4 Å². The van der Waals surface area contributed by atoms with Crippen LogP contribution in [0, 0.1) is 0 Å². The van der Waals surface area contributed by atoms with E-state index in [1.165, 1.54) is 21.3 Å². The third-order valence-corrected chi connectivity index (χ3v) is 5.86. The summed E-state index contributed by atoms with van der Waals surface area (Å²) in [7, 11) is 4.56. The molecule has 0 aliphatic carbocycles. The molecular weight excluding hydrogens is 452 g/mol. The standard InChI is InChI=1S/C27H30O8/c1-6-10-33-18-9-8-15(12-19(18)34-11-7-2)21-22-16(24-17(14-28)23(21)27(29)35-24)13-20(30-3)25(31-4)26(22)32-5/h8-9,12-13,28H,6-7,10-11,14H2,1-5H3. The third-order valence-electron chi connectivity index (χ3n) is 5.86. The van der Waals surface area contributed by atoms with Gasteiger partial charge in [-0.15, -0.1) is 0 Å². The second kappa shape index (κ2) is 10.3. The molecule has 35 heavy (non-hydrogen) atoms. The van der Waals surface area contributed by atoms with Crippen LogP contribution in [0.1, 0.15) is 42.6 Å². The first-order valence-electron chi connectivity index (χ1n) is 11.6. The lowest BCUT2D eigenvalue weighted by Gasteiger charge is -2.20. The zero-order valence-electron chi connectivity index (χ0n) is 20.6. The van der Waals surface area contributed by atoms with Crippen LogP contribution in [0.2, 0.25) is 0 Å². The third kappa shape index (κ3) is 4.08. The van der Waals surface area contributed by atoms with Crippen molar-refractivity contribution in [3.8, 4) is 45.6 Å². The van der Waals surface area contributed by atoms with Gasteiger partial charge in [-0.2, -0.15) is 0 Å². The molecule has 0 atom stereocenters. The molecule has 0 fully saturated rings. The second-order valence-corrected chi connectivity index (χ2v) is 8.03. The van der Waals surface area contributed by atoms with Crippen LogP contribution in [0.5, 0.6) is 34.5 Å². The molecular formula is C27H30O8. The van der Waals surface area contributed by atoms with Crippen molar-refractivity contribution in [3.63, 3.8) is 0 Å². The van der Waals surface area contributed by atoms with E-state index in [0.29, 0.717) is 69.4 Å². The highest BCUT2D eigenvalue weighted by atomic mass is 16.5. The van der Waals surface area contributed by atoms with E-state index in [2.05, 4.69) is 0 Å². The lowest BCUT2D eigenvalue weighted by atomic mass is 9.89. The van der Waals surface area contributed by atoms with Crippen molar-refractivity contribution in [2.75, 3.05) is 34.5 Å². The highest BCUT2D eigenvalue weighted by molar-refractivity contribution is 6.19. The van der Waals surface area contributed by atoms with Gasteiger partial charge in [0.2, 0.25) is 5.75 Å². The molecule has 186 valence electrons. The minimum atomic E-state index is -0.544. The lowest BCUT2D eigenvalue weighted by Crippen LogP contribution is -2.04. The fraction of sp³-hybridized carbons (Fsp3) is 0.370. The summed E-state index contributed by atoms with van der Waals surface area (Å²) in [6, 6.07) is 7.25. The predicted molar refractivity (Wildman–Crippen MR) is 131 cm³/mol. The molecule has 1 heterocycles. The van der Waals surface area contributed by atoms with Crippen molar-refractivity contribution in [1.29, 1.82) is 0 Å². The molecule has 1 N–H and O–H groups in total. The molecule has 0 saturated heterocycles. The summed E-state index contributed by atoms with van der Waals surface area (Å²) in [6.07, 6.45) is 1.68. The van der Waals surface area contributed by atoms with Gasteiger partial charge < -0.3 is 33.5 Å². The second-order valence-electron chi connectivity index (χ2n) is 8.03. The number of hydrogen-bond donors (Lipinski definition) is 1. The number of carbonyl (C=O) groups is 1. The quantitative estimate of drug-likeness (QED) is 0.376. The number of aliphatic hydroxyl groups excluding tert-OH is 1. The van der Waals surface area contributed by atoms with E-state index in [-0.39, 0.29) is 17.9 Å². The fourth-order valence-corrected chi connectivity index (χ4v) is 4.38. The maximum atomic E-state index is 13.1. The van der Waals surface area contributed by atoms with E-state index in [0.717, 1.165) is 12.8 Å². The Balaban J connectivity index is 2.09. The number of aliphatic hydroxyl groups is 1. The SMILES string of the molecule is CCCOc1ccc(-c2c3c(CO)c(c4cc(OC)c(OC)c(OC)c24)OC3=O)cc1OCCC. The van der Waals surface area contributed by atoms with Gasteiger partial charge in [-0.3, -0.25) is 0 Å². The molecule has 0 unspecified atom stereocenters. The largest absolute Gasteiger partial charge is 0.493 e. The molecule has 4 rings (SSSR count). The molecule has 8 heteroatoms. The number of rotatable bonds is 11. The van der Waals surface area contributed by atoms with Gasteiger partial charge in [0.15, 0.2) is 23.0 Å². The van der Waals surface area contributed by atoms with Crippen molar-refractivity contribution in [2.24, 2.45) is 0 Å². The normalized spacial score (nSPS) is 12.0. The molecule has 1 aliphatic rings. The van der Waals surface area contributed by atoms with Crippen LogP contribution in [0.25, 0.3) is 21.9 Å². The number of benzene rings is 3. The van der Waals surface area contributed by atoms with E-state index in [1.807, 2.05) is 32.0 Å². The van der Waals surface area contributed by atoms with Crippen LogP contribution in [-0.4, -0.2) is 45.6 Å². The highest BCUT2D eigenvalue weighted by Crippen LogP contribution is 2.54. The summed E-state index contributed by atoms with van der Waals surface area (Å²) < 4.78 is 34.4. The van der Waals surface area contributed by atoms with Crippen LogP contribution in [0.3, 0.4) is 0 Å². The molecule has 0 aromatic heterocycles. The van der Waals surface area contributed by atoms with E-state index in [1.54, 1.807) is 6.07 Å². The number of ether oxygens (including phenoxy) is 6. The average molecular weight is 483 g/mol. The van der Waals surface area contributed by atoms with Crippen molar-refractivity contribution in [1.82, 2.24) is 0 Å². The Bertz CT molecular complexity index is 1260. The van der Waals surface area contributed by atoms with Gasteiger partial charge in [0.05, 0.1) is 46.7 Å². The minimum Gasteiger partial charge on any atom is -0.493 e. The Morgan fingerprint density at radius 2 is 1.51 bits per heavy atom. The molecule has 0 amide bonds. The van der Waals surface area contributed by atoms with Crippen LogP contribution in [0.4, 0.5) is 0 Å². The van der Waals surface area contributed by atoms with Gasteiger partial charge in [0.1, 0.15) is 5.75 Å². The molecule has 8 nitrogen and oxygen atoms in total. The molecule has 0 saturated carbocycles. The van der Waals surface area contributed by atoms with Gasteiger partial charge >= 0.3 is 5.97 Å². The Kier molecular flexibility index (Phi) is 7.21. The smallest absolute Gasteiger partial charge is 0.344 e. The highest BCUT2D eigenvalue weighted by Gasteiger charge is 2.36. The van der Waals surface area contributed by atoms with Crippen LogP contribution in [-0.2, 0) is 6.61 Å². The molecule has 0 spiro atoms. The zero-order chi connectivity index (χ0) is 25.1. The molecule has 1 aliphatic heterocycles.